The first kappa shape index (κ1) is 16.1. The summed E-state index contributed by atoms with van der Waals surface area (Å²) in [5.74, 6) is 0. The van der Waals surface area contributed by atoms with E-state index in [-0.39, 0.29) is 17.7 Å². The average Bonchev–Trinajstić information content (AvgIpc) is 2.86. The molecular formula is C21H27NO. The lowest BCUT2D eigenvalue weighted by Crippen LogP contribution is -2.43. The predicted octanol–water partition coefficient (Wildman–Crippen LogP) is 5.33. The molecule has 23 heavy (non-hydrogen) atoms. The third-order valence-corrected chi connectivity index (χ3v) is 4.67. The van der Waals surface area contributed by atoms with Crippen molar-refractivity contribution in [1.82, 2.24) is 0 Å². The lowest BCUT2D eigenvalue weighted by molar-refractivity contribution is -0.0171. The SMILES string of the molecule is Cc1ccccc1N1C(C(C)(C)C)OC(c2ccccc2)[C@@H]1C. The fourth-order valence-corrected chi connectivity index (χ4v) is 3.50. The van der Waals surface area contributed by atoms with Gasteiger partial charge in [-0.2, -0.15) is 0 Å². The first-order valence-corrected chi connectivity index (χ1v) is 8.44. The molecule has 1 fully saturated rings. The molecule has 1 heterocycles. The highest BCUT2D eigenvalue weighted by Gasteiger charge is 2.45. The topological polar surface area (TPSA) is 12.5 Å². The van der Waals surface area contributed by atoms with Crippen molar-refractivity contribution in [3.63, 3.8) is 0 Å². The van der Waals surface area contributed by atoms with Gasteiger partial charge >= 0.3 is 0 Å². The number of para-hydroxylation sites is 1. The summed E-state index contributed by atoms with van der Waals surface area (Å²) >= 11 is 0. The van der Waals surface area contributed by atoms with E-state index in [1.54, 1.807) is 0 Å². The molecule has 1 saturated heterocycles. The zero-order chi connectivity index (χ0) is 16.6. The normalized spacial score (nSPS) is 24.9. The molecule has 2 heteroatoms. The monoisotopic (exact) mass is 309 g/mol. The summed E-state index contributed by atoms with van der Waals surface area (Å²) in [6, 6.07) is 19.5. The number of hydrogen-bond donors (Lipinski definition) is 0. The standard InChI is InChI=1S/C21H27NO/c1-15-11-9-10-14-18(15)22-16(2)19(17-12-7-6-8-13-17)23-20(22)21(3,4)5/h6-14,16,19-20H,1-5H3/t16-,19?,20?/m0/s1. The van der Waals surface area contributed by atoms with Crippen LogP contribution < -0.4 is 4.90 Å². The van der Waals surface area contributed by atoms with Crippen molar-refractivity contribution in [1.29, 1.82) is 0 Å². The lowest BCUT2D eigenvalue weighted by Gasteiger charge is -2.37. The molecule has 0 radical (unpaired) electrons. The molecule has 0 aliphatic carbocycles. The van der Waals surface area contributed by atoms with E-state index in [2.05, 4.69) is 94.1 Å². The molecule has 122 valence electrons. The highest BCUT2D eigenvalue weighted by Crippen LogP contribution is 2.44. The zero-order valence-electron chi connectivity index (χ0n) is 14.8. The first-order chi connectivity index (χ1) is 10.9. The van der Waals surface area contributed by atoms with Gasteiger partial charge in [-0.25, -0.2) is 0 Å². The second-order valence-corrected chi connectivity index (χ2v) is 7.62. The molecule has 0 aromatic heterocycles. The summed E-state index contributed by atoms with van der Waals surface area (Å²) in [4.78, 5) is 2.47. The molecular weight excluding hydrogens is 282 g/mol. The number of aryl methyl sites for hydroxylation is 1. The Morgan fingerprint density at radius 2 is 1.52 bits per heavy atom. The van der Waals surface area contributed by atoms with Crippen LogP contribution in [0.3, 0.4) is 0 Å². The van der Waals surface area contributed by atoms with E-state index in [9.17, 15) is 0 Å². The molecule has 1 aliphatic heterocycles. The fourth-order valence-electron chi connectivity index (χ4n) is 3.50. The highest BCUT2D eigenvalue weighted by atomic mass is 16.5. The number of rotatable bonds is 2. The van der Waals surface area contributed by atoms with Crippen LogP contribution in [0.5, 0.6) is 0 Å². The largest absolute Gasteiger partial charge is 0.348 e. The quantitative estimate of drug-likeness (QED) is 0.743. The van der Waals surface area contributed by atoms with Crippen LogP contribution in [-0.4, -0.2) is 12.3 Å². The van der Waals surface area contributed by atoms with Crippen LogP contribution in [0.2, 0.25) is 0 Å². The number of nitrogens with zero attached hydrogens (tertiary/aromatic N) is 1. The number of hydrogen-bond acceptors (Lipinski definition) is 2. The van der Waals surface area contributed by atoms with Crippen molar-refractivity contribution < 1.29 is 4.74 Å². The first-order valence-electron chi connectivity index (χ1n) is 8.44. The Hall–Kier alpha value is -1.80. The van der Waals surface area contributed by atoms with Crippen molar-refractivity contribution in [2.24, 2.45) is 5.41 Å². The summed E-state index contributed by atoms with van der Waals surface area (Å²) in [7, 11) is 0. The van der Waals surface area contributed by atoms with Gasteiger partial charge in [0.1, 0.15) is 12.3 Å². The molecule has 2 aromatic rings. The van der Waals surface area contributed by atoms with Gasteiger partial charge in [0, 0.05) is 11.1 Å². The zero-order valence-corrected chi connectivity index (χ0v) is 14.8. The van der Waals surface area contributed by atoms with Gasteiger partial charge in [-0.15, -0.1) is 0 Å². The van der Waals surface area contributed by atoms with Crippen LogP contribution in [-0.2, 0) is 4.74 Å². The van der Waals surface area contributed by atoms with E-state index >= 15 is 0 Å². The van der Waals surface area contributed by atoms with Crippen LogP contribution in [0.15, 0.2) is 54.6 Å². The van der Waals surface area contributed by atoms with E-state index in [0.717, 1.165) is 0 Å². The van der Waals surface area contributed by atoms with Crippen molar-refractivity contribution in [3.8, 4) is 0 Å². The summed E-state index contributed by atoms with van der Waals surface area (Å²) < 4.78 is 6.57. The van der Waals surface area contributed by atoms with Crippen molar-refractivity contribution in [2.45, 2.75) is 53.0 Å². The Morgan fingerprint density at radius 3 is 2.13 bits per heavy atom. The summed E-state index contributed by atoms with van der Waals surface area (Å²) in [5.41, 5.74) is 3.87. The van der Waals surface area contributed by atoms with Gasteiger partial charge in [-0.1, -0.05) is 69.3 Å². The van der Waals surface area contributed by atoms with Gasteiger partial charge in [-0.3, -0.25) is 0 Å². The Bertz CT molecular complexity index is 659. The molecule has 0 saturated carbocycles. The number of anilines is 1. The van der Waals surface area contributed by atoms with E-state index in [0.29, 0.717) is 6.04 Å². The molecule has 3 atom stereocenters. The molecule has 2 aromatic carbocycles. The van der Waals surface area contributed by atoms with Gasteiger partial charge in [-0.05, 0) is 31.0 Å². The minimum atomic E-state index is 0.0417. The Morgan fingerprint density at radius 1 is 0.913 bits per heavy atom. The summed E-state index contributed by atoms with van der Waals surface area (Å²) in [6.07, 6.45) is 0.156. The molecule has 0 spiro atoms. The van der Waals surface area contributed by atoms with E-state index in [1.165, 1.54) is 16.8 Å². The Labute approximate surface area is 140 Å². The minimum absolute atomic E-state index is 0.0417. The third-order valence-electron chi connectivity index (χ3n) is 4.67. The second kappa shape index (κ2) is 6.01. The van der Waals surface area contributed by atoms with E-state index in [4.69, 9.17) is 4.74 Å². The van der Waals surface area contributed by atoms with Crippen LogP contribution >= 0.6 is 0 Å². The van der Waals surface area contributed by atoms with Crippen molar-refractivity contribution in [3.05, 3.63) is 65.7 Å². The maximum Gasteiger partial charge on any atom is 0.136 e. The van der Waals surface area contributed by atoms with Crippen LogP contribution in [0.1, 0.15) is 44.9 Å². The molecule has 2 nitrogen and oxygen atoms in total. The minimum Gasteiger partial charge on any atom is -0.348 e. The second-order valence-electron chi connectivity index (χ2n) is 7.62. The Kier molecular flexibility index (Phi) is 4.20. The van der Waals surface area contributed by atoms with Gasteiger partial charge < -0.3 is 9.64 Å². The van der Waals surface area contributed by atoms with E-state index in [1.807, 2.05) is 0 Å². The maximum absolute atomic E-state index is 6.57. The van der Waals surface area contributed by atoms with Crippen molar-refractivity contribution >= 4 is 5.69 Å². The fraction of sp³-hybridized carbons (Fsp3) is 0.429. The third kappa shape index (κ3) is 3.00. The lowest BCUT2D eigenvalue weighted by atomic mass is 9.92. The molecule has 3 rings (SSSR count). The summed E-state index contributed by atoms with van der Waals surface area (Å²) in [6.45, 7) is 11.2. The Balaban J connectivity index is 2.03. The van der Waals surface area contributed by atoms with Gasteiger partial charge in [0.25, 0.3) is 0 Å². The van der Waals surface area contributed by atoms with E-state index < -0.39 is 0 Å². The number of ether oxygens (including phenoxy) is 1. The van der Waals surface area contributed by atoms with Crippen LogP contribution in [0, 0.1) is 12.3 Å². The van der Waals surface area contributed by atoms with Crippen LogP contribution in [0.25, 0.3) is 0 Å². The van der Waals surface area contributed by atoms with Gasteiger partial charge in [0.15, 0.2) is 0 Å². The van der Waals surface area contributed by atoms with Gasteiger partial charge in [0.2, 0.25) is 0 Å². The van der Waals surface area contributed by atoms with Gasteiger partial charge in [0.05, 0.1) is 6.04 Å². The molecule has 0 amide bonds. The molecule has 0 N–H and O–H groups in total. The highest BCUT2D eigenvalue weighted by molar-refractivity contribution is 5.56. The van der Waals surface area contributed by atoms with Crippen LogP contribution in [0.4, 0.5) is 5.69 Å². The van der Waals surface area contributed by atoms with Crippen molar-refractivity contribution in [2.75, 3.05) is 4.90 Å². The summed E-state index contributed by atoms with van der Waals surface area (Å²) in [5, 5.41) is 0. The molecule has 0 bridgehead atoms. The number of benzene rings is 2. The molecule has 2 unspecified atom stereocenters. The molecule has 1 aliphatic rings. The average molecular weight is 309 g/mol. The smallest absolute Gasteiger partial charge is 0.136 e. The predicted molar refractivity (Wildman–Crippen MR) is 96.6 cm³/mol. The maximum atomic E-state index is 6.57.